The van der Waals surface area contributed by atoms with Crippen molar-refractivity contribution in [3.8, 4) is 29.2 Å². The number of ether oxygens (including phenoxy) is 3. The van der Waals surface area contributed by atoms with Gasteiger partial charge in [-0.25, -0.2) is 0 Å². The number of rotatable bonds is 5. The maximum atomic E-state index is 13.2. The van der Waals surface area contributed by atoms with E-state index >= 15 is 0 Å². The first-order chi connectivity index (χ1) is 14.9. The molecule has 3 aromatic rings. The van der Waals surface area contributed by atoms with Crippen molar-refractivity contribution in [2.24, 2.45) is 0 Å². The Balaban J connectivity index is 1.82. The molecule has 0 aliphatic carbocycles. The average molecular weight is 418 g/mol. The first kappa shape index (κ1) is 20.0. The Hall–Kier alpha value is -4.25. The molecule has 0 fully saturated rings. The zero-order valence-corrected chi connectivity index (χ0v) is 16.8. The number of hydrogen-bond acceptors (Lipinski definition) is 7. The SMILES string of the molecule is COc1ccc(C(=O)c2c(C)c(C#N)c(=O)n(Cc3ccc4c(c3)OCO4)c2O)cc1. The smallest absolute Gasteiger partial charge is 0.271 e. The Labute approximate surface area is 177 Å². The molecular weight excluding hydrogens is 400 g/mol. The Morgan fingerprint density at radius 3 is 2.58 bits per heavy atom. The number of carbonyl (C=O) groups is 1. The number of ketones is 1. The van der Waals surface area contributed by atoms with Gasteiger partial charge in [-0.2, -0.15) is 5.26 Å². The van der Waals surface area contributed by atoms with Gasteiger partial charge in [0.15, 0.2) is 17.3 Å². The molecule has 8 heteroatoms. The minimum atomic E-state index is -0.679. The van der Waals surface area contributed by atoms with Crippen molar-refractivity contribution in [1.29, 1.82) is 5.26 Å². The van der Waals surface area contributed by atoms with E-state index in [9.17, 15) is 20.0 Å². The Morgan fingerprint density at radius 2 is 1.90 bits per heavy atom. The first-order valence-electron chi connectivity index (χ1n) is 9.38. The molecule has 0 atom stereocenters. The number of nitriles is 1. The summed E-state index contributed by atoms with van der Waals surface area (Å²) >= 11 is 0. The van der Waals surface area contributed by atoms with Crippen molar-refractivity contribution in [3.05, 3.63) is 80.6 Å². The number of methoxy groups -OCH3 is 1. The molecule has 1 aliphatic heterocycles. The summed E-state index contributed by atoms with van der Waals surface area (Å²) in [5, 5.41) is 20.5. The molecule has 1 aliphatic rings. The van der Waals surface area contributed by atoms with E-state index in [-0.39, 0.29) is 35.6 Å². The third-order valence-electron chi connectivity index (χ3n) is 5.16. The maximum absolute atomic E-state index is 13.2. The Kier molecular flexibility index (Phi) is 5.09. The lowest BCUT2D eigenvalue weighted by atomic mass is 9.97. The summed E-state index contributed by atoms with van der Waals surface area (Å²) in [5.74, 6) is 0.668. The van der Waals surface area contributed by atoms with Gasteiger partial charge in [-0.15, -0.1) is 0 Å². The van der Waals surface area contributed by atoms with E-state index in [1.54, 1.807) is 42.5 Å². The summed E-state index contributed by atoms with van der Waals surface area (Å²) in [6.45, 7) is 1.52. The van der Waals surface area contributed by atoms with Crippen LogP contribution >= 0.6 is 0 Å². The number of nitrogens with zero attached hydrogens (tertiary/aromatic N) is 2. The second-order valence-electron chi connectivity index (χ2n) is 6.95. The van der Waals surface area contributed by atoms with Gasteiger partial charge in [0, 0.05) is 5.56 Å². The Bertz CT molecular complexity index is 1290. The van der Waals surface area contributed by atoms with E-state index in [1.807, 2.05) is 6.07 Å². The van der Waals surface area contributed by atoms with Crippen molar-refractivity contribution in [1.82, 2.24) is 4.57 Å². The third kappa shape index (κ3) is 3.46. The monoisotopic (exact) mass is 418 g/mol. The minimum absolute atomic E-state index is 0.0564. The lowest BCUT2D eigenvalue weighted by molar-refractivity contribution is 0.103. The van der Waals surface area contributed by atoms with Crippen molar-refractivity contribution in [3.63, 3.8) is 0 Å². The predicted molar refractivity (Wildman–Crippen MR) is 110 cm³/mol. The van der Waals surface area contributed by atoms with Crippen molar-refractivity contribution in [2.75, 3.05) is 13.9 Å². The van der Waals surface area contributed by atoms with Gasteiger partial charge < -0.3 is 19.3 Å². The minimum Gasteiger partial charge on any atom is -0.497 e. The summed E-state index contributed by atoms with van der Waals surface area (Å²) < 4.78 is 16.8. The van der Waals surface area contributed by atoms with Gasteiger partial charge in [0.1, 0.15) is 17.4 Å². The largest absolute Gasteiger partial charge is 0.497 e. The molecule has 2 aromatic carbocycles. The number of hydrogen-bond donors (Lipinski definition) is 1. The second kappa shape index (κ2) is 7.88. The number of benzene rings is 2. The van der Waals surface area contributed by atoms with E-state index in [0.717, 1.165) is 4.57 Å². The molecule has 0 saturated carbocycles. The highest BCUT2D eigenvalue weighted by atomic mass is 16.7. The Morgan fingerprint density at radius 1 is 1.19 bits per heavy atom. The predicted octanol–water partition coefficient (Wildman–Crippen LogP) is 2.75. The topological polar surface area (TPSA) is 111 Å². The molecule has 1 aromatic heterocycles. The van der Waals surface area contributed by atoms with E-state index < -0.39 is 17.2 Å². The molecule has 0 radical (unpaired) electrons. The molecule has 1 N–H and O–H groups in total. The van der Waals surface area contributed by atoms with Gasteiger partial charge in [0.2, 0.25) is 12.7 Å². The number of fused-ring (bicyclic) bond motifs is 1. The van der Waals surface area contributed by atoms with E-state index in [1.165, 1.54) is 14.0 Å². The zero-order chi connectivity index (χ0) is 22.1. The summed E-state index contributed by atoms with van der Waals surface area (Å²) in [4.78, 5) is 26.0. The van der Waals surface area contributed by atoms with Crippen LogP contribution in [0.25, 0.3) is 0 Å². The second-order valence-corrected chi connectivity index (χ2v) is 6.95. The molecule has 31 heavy (non-hydrogen) atoms. The standard InChI is InChI=1S/C23H18N2O6/c1-13-17(10-24)22(27)25(11-14-3-8-18-19(9-14)31-12-30-18)23(28)20(13)21(26)15-4-6-16(29-2)7-5-15/h3-9,28H,11-12H2,1-2H3. The van der Waals surface area contributed by atoms with Crippen LogP contribution in [0.1, 0.15) is 32.6 Å². The molecule has 2 heterocycles. The van der Waals surface area contributed by atoms with Crippen LogP contribution < -0.4 is 19.8 Å². The lowest BCUT2D eigenvalue weighted by Gasteiger charge is -2.16. The van der Waals surface area contributed by atoms with Crippen molar-refractivity contribution < 1.29 is 24.1 Å². The third-order valence-corrected chi connectivity index (χ3v) is 5.16. The molecule has 156 valence electrons. The highest BCUT2D eigenvalue weighted by molar-refractivity contribution is 6.11. The van der Waals surface area contributed by atoms with Crippen LogP contribution in [0.15, 0.2) is 47.3 Å². The van der Waals surface area contributed by atoms with Gasteiger partial charge >= 0.3 is 0 Å². The van der Waals surface area contributed by atoms with Gasteiger partial charge in [0.05, 0.1) is 19.2 Å². The van der Waals surface area contributed by atoms with E-state index in [4.69, 9.17) is 14.2 Å². The van der Waals surface area contributed by atoms with Crippen LogP contribution in [0.3, 0.4) is 0 Å². The van der Waals surface area contributed by atoms with Gasteiger partial charge in [-0.1, -0.05) is 6.07 Å². The fourth-order valence-corrected chi connectivity index (χ4v) is 3.48. The van der Waals surface area contributed by atoms with Crippen LogP contribution in [0.2, 0.25) is 0 Å². The summed E-state index contributed by atoms with van der Waals surface area (Å²) in [7, 11) is 1.51. The molecule has 0 unspecified atom stereocenters. The molecule has 0 saturated heterocycles. The van der Waals surface area contributed by atoms with Gasteiger partial charge in [-0.05, 0) is 54.4 Å². The fraction of sp³-hybridized carbons (Fsp3) is 0.174. The van der Waals surface area contributed by atoms with Crippen LogP contribution in [-0.4, -0.2) is 29.4 Å². The van der Waals surface area contributed by atoms with E-state index in [2.05, 4.69) is 0 Å². The van der Waals surface area contributed by atoms with Crippen molar-refractivity contribution in [2.45, 2.75) is 13.5 Å². The zero-order valence-electron chi connectivity index (χ0n) is 16.8. The van der Waals surface area contributed by atoms with Crippen LogP contribution in [0.5, 0.6) is 23.1 Å². The maximum Gasteiger partial charge on any atom is 0.271 e. The quantitative estimate of drug-likeness (QED) is 0.634. The lowest BCUT2D eigenvalue weighted by Crippen LogP contribution is -2.27. The molecular formula is C23H18N2O6. The van der Waals surface area contributed by atoms with Crippen LogP contribution in [0, 0.1) is 18.3 Å². The normalized spacial score (nSPS) is 11.8. The first-order valence-corrected chi connectivity index (χ1v) is 9.38. The summed E-state index contributed by atoms with van der Waals surface area (Å²) in [6, 6.07) is 13.3. The molecule has 0 amide bonds. The van der Waals surface area contributed by atoms with E-state index in [0.29, 0.717) is 22.8 Å². The molecule has 0 spiro atoms. The summed E-state index contributed by atoms with van der Waals surface area (Å²) in [5.41, 5.74) is 0.0836. The highest BCUT2D eigenvalue weighted by Crippen LogP contribution is 2.33. The number of aromatic nitrogens is 1. The molecule has 8 nitrogen and oxygen atoms in total. The molecule has 4 rings (SSSR count). The molecule has 0 bridgehead atoms. The fourth-order valence-electron chi connectivity index (χ4n) is 3.48. The summed E-state index contributed by atoms with van der Waals surface area (Å²) in [6.07, 6.45) is 0. The van der Waals surface area contributed by atoms with Crippen LogP contribution in [-0.2, 0) is 6.54 Å². The number of pyridine rings is 1. The van der Waals surface area contributed by atoms with Gasteiger partial charge in [0.25, 0.3) is 5.56 Å². The van der Waals surface area contributed by atoms with Crippen LogP contribution in [0.4, 0.5) is 0 Å². The number of carbonyl (C=O) groups excluding carboxylic acids is 1. The number of aromatic hydroxyl groups is 1. The average Bonchev–Trinajstić information content (AvgIpc) is 3.25. The highest BCUT2D eigenvalue weighted by Gasteiger charge is 2.25. The van der Waals surface area contributed by atoms with Crippen molar-refractivity contribution >= 4 is 5.78 Å². The van der Waals surface area contributed by atoms with Gasteiger partial charge in [-0.3, -0.25) is 14.2 Å².